The van der Waals surface area contributed by atoms with Gasteiger partial charge in [-0.2, -0.15) is 0 Å². The van der Waals surface area contributed by atoms with Gasteiger partial charge in [0.2, 0.25) is 5.91 Å². The maximum atomic E-state index is 12.8. The van der Waals surface area contributed by atoms with E-state index in [1.54, 1.807) is 11.9 Å². The van der Waals surface area contributed by atoms with E-state index < -0.39 is 0 Å². The lowest BCUT2D eigenvalue weighted by Crippen LogP contribution is -2.28. The molecule has 3 aromatic carbocycles. The van der Waals surface area contributed by atoms with E-state index in [4.69, 9.17) is 11.6 Å². The van der Waals surface area contributed by atoms with Crippen LogP contribution in [0.3, 0.4) is 0 Å². The van der Waals surface area contributed by atoms with Crippen molar-refractivity contribution in [3.05, 3.63) is 95.5 Å². The average molecular weight is 449 g/mol. The third-order valence-corrected chi connectivity index (χ3v) is 6.08. The van der Waals surface area contributed by atoms with Crippen molar-refractivity contribution < 1.29 is 4.79 Å². The van der Waals surface area contributed by atoms with E-state index in [1.165, 1.54) is 11.8 Å². The molecule has 4 aromatic rings. The highest BCUT2D eigenvalue weighted by atomic mass is 35.5. The van der Waals surface area contributed by atoms with Crippen LogP contribution in [0.1, 0.15) is 5.56 Å². The van der Waals surface area contributed by atoms with E-state index in [2.05, 4.69) is 10.2 Å². The molecule has 0 bridgehead atoms. The summed E-state index contributed by atoms with van der Waals surface area (Å²) >= 11 is 7.60. The van der Waals surface area contributed by atoms with Crippen LogP contribution in [0.15, 0.2) is 90.1 Å². The second kappa shape index (κ2) is 9.81. The third-order valence-electron chi connectivity index (χ3n) is 4.80. The Labute approximate surface area is 190 Å². The van der Waals surface area contributed by atoms with Gasteiger partial charge < -0.3 is 4.90 Å². The number of benzene rings is 3. The zero-order valence-corrected chi connectivity index (χ0v) is 18.6. The monoisotopic (exact) mass is 448 g/mol. The zero-order valence-electron chi connectivity index (χ0n) is 17.0. The highest BCUT2D eigenvalue weighted by molar-refractivity contribution is 7.99. The van der Waals surface area contributed by atoms with Crippen LogP contribution in [-0.2, 0) is 11.3 Å². The summed E-state index contributed by atoms with van der Waals surface area (Å²) in [6.45, 7) is 0.458. The molecule has 156 valence electrons. The second-order valence-corrected chi connectivity index (χ2v) is 8.32. The standard InChI is InChI=1S/C24H21ClN4OS/c1-28(16-19-12-8-9-15-21(19)25)22(30)17-31-24-27-26-23(18-10-4-2-5-11-18)29(24)20-13-6-3-7-14-20/h2-15H,16-17H2,1H3. The van der Waals surface area contributed by atoms with Crippen molar-refractivity contribution >= 4 is 29.3 Å². The van der Waals surface area contributed by atoms with E-state index in [0.717, 1.165) is 22.6 Å². The second-order valence-electron chi connectivity index (χ2n) is 6.97. The Hall–Kier alpha value is -3.09. The maximum Gasteiger partial charge on any atom is 0.233 e. The molecule has 0 saturated carbocycles. The molecule has 0 unspecified atom stereocenters. The predicted molar refractivity (Wildman–Crippen MR) is 125 cm³/mol. The number of thioether (sulfide) groups is 1. The van der Waals surface area contributed by atoms with Gasteiger partial charge in [-0.3, -0.25) is 9.36 Å². The highest BCUT2D eigenvalue weighted by Gasteiger charge is 2.18. The molecule has 0 aliphatic carbocycles. The minimum atomic E-state index is -0.00575. The molecule has 0 saturated heterocycles. The molecule has 0 radical (unpaired) electrons. The number of hydrogen-bond acceptors (Lipinski definition) is 4. The molecule has 5 nitrogen and oxygen atoms in total. The summed E-state index contributed by atoms with van der Waals surface area (Å²) in [5.41, 5.74) is 2.84. The largest absolute Gasteiger partial charge is 0.341 e. The molecular weight excluding hydrogens is 428 g/mol. The van der Waals surface area contributed by atoms with Gasteiger partial charge in [-0.1, -0.05) is 90.1 Å². The summed E-state index contributed by atoms with van der Waals surface area (Å²) in [7, 11) is 1.78. The van der Waals surface area contributed by atoms with Gasteiger partial charge in [-0.25, -0.2) is 0 Å². The molecule has 0 spiro atoms. The van der Waals surface area contributed by atoms with Gasteiger partial charge in [-0.15, -0.1) is 10.2 Å². The first-order chi connectivity index (χ1) is 15.1. The average Bonchev–Trinajstić information content (AvgIpc) is 3.24. The minimum absolute atomic E-state index is 0.00575. The number of aromatic nitrogens is 3. The Bertz CT molecular complexity index is 1160. The molecular formula is C24H21ClN4OS. The van der Waals surface area contributed by atoms with Gasteiger partial charge in [0.05, 0.1) is 5.75 Å². The van der Waals surface area contributed by atoms with Gasteiger partial charge in [0.1, 0.15) is 0 Å². The van der Waals surface area contributed by atoms with Crippen molar-refractivity contribution in [2.24, 2.45) is 0 Å². The highest BCUT2D eigenvalue weighted by Crippen LogP contribution is 2.28. The molecule has 0 atom stereocenters. The maximum absolute atomic E-state index is 12.8. The van der Waals surface area contributed by atoms with Crippen LogP contribution in [0.4, 0.5) is 0 Å². The Kier molecular flexibility index (Phi) is 6.70. The summed E-state index contributed by atoms with van der Waals surface area (Å²) in [6.07, 6.45) is 0. The predicted octanol–water partition coefficient (Wildman–Crippen LogP) is 5.34. The van der Waals surface area contributed by atoms with Crippen LogP contribution < -0.4 is 0 Å². The number of rotatable bonds is 7. The van der Waals surface area contributed by atoms with Crippen molar-refractivity contribution in [1.29, 1.82) is 0 Å². The Morgan fingerprint density at radius 3 is 2.29 bits per heavy atom. The Morgan fingerprint density at radius 2 is 1.58 bits per heavy atom. The van der Waals surface area contributed by atoms with Crippen LogP contribution >= 0.6 is 23.4 Å². The molecule has 0 aliphatic heterocycles. The first kappa shape index (κ1) is 21.2. The Morgan fingerprint density at radius 1 is 0.935 bits per heavy atom. The number of halogens is 1. The number of amides is 1. The normalized spacial score (nSPS) is 10.8. The molecule has 31 heavy (non-hydrogen) atoms. The summed E-state index contributed by atoms with van der Waals surface area (Å²) in [5, 5.41) is 10.1. The van der Waals surface area contributed by atoms with Crippen LogP contribution in [0.5, 0.6) is 0 Å². The van der Waals surface area contributed by atoms with Gasteiger partial charge >= 0.3 is 0 Å². The zero-order chi connectivity index (χ0) is 21.6. The fourth-order valence-electron chi connectivity index (χ4n) is 3.15. The lowest BCUT2D eigenvalue weighted by atomic mass is 10.2. The van der Waals surface area contributed by atoms with Gasteiger partial charge in [0, 0.05) is 29.9 Å². The molecule has 0 N–H and O–H groups in total. The summed E-state index contributed by atoms with van der Waals surface area (Å²) in [5.74, 6) is 0.987. The summed E-state index contributed by atoms with van der Waals surface area (Å²) in [4.78, 5) is 14.4. The van der Waals surface area contributed by atoms with Crippen molar-refractivity contribution in [2.45, 2.75) is 11.7 Å². The fourth-order valence-corrected chi connectivity index (χ4v) is 4.24. The number of nitrogens with zero attached hydrogens (tertiary/aromatic N) is 4. The van der Waals surface area contributed by atoms with Crippen molar-refractivity contribution in [2.75, 3.05) is 12.8 Å². The first-order valence-corrected chi connectivity index (χ1v) is 11.2. The van der Waals surface area contributed by atoms with Gasteiger partial charge in [0.25, 0.3) is 0 Å². The first-order valence-electron chi connectivity index (χ1n) is 9.80. The smallest absolute Gasteiger partial charge is 0.233 e. The lowest BCUT2D eigenvalue weighted by molar-refractivity contribution is -0.127. The molecule has 0 aliphatic rings. The van der Waals surface area contributed by atoms with Crippen molar-refractivity contribution in [3.8, 4) is 17.1 Å². The molecule has 1 amide bonds. The molecule has 1 aromatic heterocycles. The molecule has 4 rings (SSSR count). The number of para-hydroxylation sites is 1. The number of carbonyl (C=O) groups is 1. The Balaban J connectivity index is 1.54. The fraction of sp³-hybridized carbons (Fsp3) is 0.125. The van der Waals surface area contributed by atoms with E-state index in [9.17, 15) is 4.79 Å². The molecule has 0 fully saturated rings. The molecule has 1 heterocycles. The van der Waals surface area contributed by atoms with Crippen LogP contribution in [-0.4, -0.2) is 38.4 Å². The van der Waals surface area contributed by atoms with E-state index >= 15 is 0 Å². The van der Waals surface area contributed by atoms with Gasteiger partial charge in [0.15, 0.2) is 11.0 Å². The van der Waals surface area contributed by atoms with E-state index in [1.807, 2.05) is 89.5 Å². The van der Waals surface area contributed by atoms with Gasteiger partial charge in [-0.05, 0) is 23.8 Å². The van der Waals surface area contributed by atoms with Crippen LogP contribution in [0, 0.1) is 0 Å². The SMILES string of the molecule is CN(Cc1ccccc1Cl)C(=O)CSc1nnc(-c2ccccc2)n1-c1ccccc1. The number of carbonyl (C=O) groups excluding carboxylic acids is 1. The van der Waals surface area contributed by atoms with E-state index in [0.29, 0.717) is 16.7 Å². The van der Waals surface area contributed by atoms with E-state index in [-0.39, 0.29) is 11.7 Å². The third kappa shape index (κ3) is 4.98. The van der Waals surface area contributed by atoms with Crippen LogP contribution in [0.25, 0.3) is 17.1 Å². The summed E-state index contributed by atoms with van der Waals surface area (Å²) in [6, 6.07) is 27.4. The minimum Gasteiger partial charge on any atom is -0.341 e. The van der Waals surface area contributed by atoms with Crippen LogP contribution in [0.2, 0.25) is 5.02 Å². The number of hydrogen-bond donors (Lipinski definition) is 0. The van der Waals surface area contributed by atoms with Crippen molar-refractivity contribution in [1.82, 2.24) is 19.7 Å². The topological polar surface area (TPSA) is 51.0 Å². The summed E-state index contributed by atoms with van der Waals surface area (Å²) < 4.78 is 1.99. The quantitative estimate of drug-likeness (QED) is 0.358. The molecule has 7 heteroatoms. The lowest BCUT2D eigenvalue weighted by Gasteiger charge is -2.18. The van der Waals surface area contributed by atoms with Crippen molar-refractivity contribution in [3.63, 3.8) is 0 Å².